The van der Waals surface area contributed by atoms with Crippen molar-refractivity contribution in [2.75, 3.05) is 0 Å². The molecule has 0 saturated carbocycles. The molecular formula is C33H36Cl2Zr-2. The second kappa shape index (κ2) is 14.3. The molecule has 0 unspecified atom stereocenters. The predicted octanol–water partition coefficient (Wildman–Crippen LogP) is 2.45. The van der Waals surface area contributed by atoms with Gasteiger partial charge >= 0.3 is 63.8 Å². The summed E-state index contributed by atoms with van der Waals surface area (Å²) in [7, 11) is 0. The van der Waals surface area contributed by atoms with Crippen molar-refractivity contribution in [3.8, 4) is 11.1 Å². The third-order valence-electron chi connectivity index (χ3n) is 6.05. The molecule has 4 aromatic carbocycles. The molecule has 1 aliphatic carbocycles. The monoisotopic (exact) mass is 592 g/mol. The van der Waals surface area contributed by atoms with Crippen molar-refractivity contribution >= 4 is 3.71 Å². The van der Waals surface area contributed by atoms with Crippen LogP contribution in [0.4, 0.5) is 0 Å². The van der Waals surface area contributed by atoms with Crippen LogP contribution in [0.3, 0.4) is 0 Å². The first-order valence-corrected chi connectivity index (χ1v) is 13.4. The Morgan fingerprint density at radius 2 is 1.33 bits per heavy atom. The van der Waals surface area contributed by atoms with Crippen LogP contribution in [0, 0.1) is 6.07 Å². The Hall–Kier alpha value is -1.66. The molecule has 0 fully saturated rings. The smallest absolute Gasteiger partial charge is 0.172 e. The maximum atomic E-state index is 3.53. The second-order valence-electron chi connectivity index (χ2n) is 10.8. The summed E-state index contributed by atoms with van der Waals surface area (Å²) in [5, 5.41) is 0. The molecule has 0 heterocycles. The Kier molecular flexibility index (Phi) is 12.9. The Morgan fingerprint density at radius 1 is 0.750 bits per heavy atom. The molecule has 0 atom stereocenters. The minimum absolute atomic E-state index is 0. The summed E-state index contributed by atoms with van der Waals surface area (Å²) in [5.41, 5.74) is 10.1. The van der Waals surface area contributed by atoms with Crippen LogP contribution < -0.4 is 24.8 Å². The number of fused-ring (bicyclic) bond motifs is 3. The van der Waals surface area contributed by atoms with E-state index in [1.165, 1.54) is 63.2 Å². The molecule has 4 aromatic rings. The molecule has 36 heavy (non-hydrogen) atoms. The van der Waals surface area contributed by atoms with Crippen LogP contribution in [0.15, 0.2) is 91.0 Å². The van der Waals surface area contributed by atoms with Gasteiger partial charge in [0.2, 0.25) is 0 Å². The maximum absolute atomic E-state index is 3.53. The minimum atomic E-state index is 0. The van der Waals surface area contributed by atoms with E-state index in [0.29, 0.717) is 0 Å². The van der Waals surface area contributed by atoms with Gasteiger partial charge in [0, 0.05) is 0 Å². The van der Waals surface area contributed by atoms with Gasteiger partial charge in [-0.1, -0.05) is 76.3 Å². The molecule has 0 amide bonds. The SMILES string of the molecule is CC(C)(C)c1c[c-]c2c(c1)-c1cc(C(C)(C)C)ccc1C2.[Cl-].[Cl-].[Zr+2]=[CH]c1ccccc1.c1cc[cH-]c1. The van der Waals surface area contributed by atoms with Gasteiger partial charge in [-0.05, 0) is 17.4 Å². The quantitative estimate of drug-likeness (QED) is 0.262. The summed E-state index contributed by atoms with van der Waals surface area (Å²) < 4.78 is 2.17. The van der Waals surface area contributed by atoms with Gasteiger partial charge in [-0.2, -0.15) is 47.5 Å². The molecule has 0 aromatic heterocycles. The Balaban J connectivity index is 0.000000356. The van der Waals surface area contributed by atoms with E-state index < -0.39 is 0 Å². The number of benzene rings is 3. The van der Waals surface area contributed by atoms with Gasteiger partial charge < -0.3 is 24.8 Å². The molecule has 5 rings (SSSR count). The van der Waals surface area contributed by atoms with Crippen molar-refractivity contribution in [2.45, 2.75) is 58.8 Å². The summed E-state index contributed by atoms with van der Waals surface area (Å²) in [6, 6.07) is 35.4. The van der Waals surface area contributed by atoms with Gasteiger partial charge in [0.15, 0.2) is 0 Å². The fourth-order valence-corrected chi connectivity index (χ4v) is 4.33. The number of halogens is 2. The van der Waals surface area contributed by atoms with E-state index in [1.807, 2.05) is 36.4 Å². The average molecular weight is 595 g/mol. The summed E-state index contributed by atoms with van der Waals surface area (Å²) in [6.45, 7) is 13.6. The molecule has 0 bridgehead atoms. The molecule has 0 N–H and O–H groups in total. The summed E-state index contributed by atoms with van der Waals surface area (Å²) in [6.07, 6.45) is 1.03. The second-order valence-corrected chi connectivity index (χ2v) is 11.6. The first-order chi connectivity index (χ1) is 16.1. The van der Waals surface area contributed by atoms with E-state index in [1.54, 1.807) is 0 Å². The van der Waals surface area contributed by atoms with E-state index in [2.05, 4.69) is 106 Å². The van der Waals surface area contributed by atoms with Crippen molar-refractivity contribution < 1.29 is 49.0 Å². The van der Waals surface area contributed by atoms with E-state index in [4.69, 9.17) is 0 Å². The first kappa shape index (κ1) is 32.4. The number of hydrogen-bond donors (Lipinski definition) is 0. The Labute approximate surface area is 246 Å². The van der Waals surface area contributed by atoms with E-state index in [9.17, 15) is 0 Å². The van der Waals surface area contributed by atoms with Crippen LogP contribution in [0.25, 0.3) is 11.1 Å². The molecule has 0 nitrogen and oxygen atoms in total. The fourth-order valence-electron chi connectivity index (χ4n) is 3.85. The standard InChI is InChI=1S/C21H25.C7H6.C5H5.2ClH.Zr/c1-20(2,3)16-9-7-14-11-15-8-10-17(21(4,5)6)13-19(15)18(14)12-16;1-7-5-3-2-4-6-7;1-2-4-5-3-1;;;/h7,9-10,12-13H,11H2,1-6H3;1-6H;1-5H;2*1H;/q-1;;-1;;;+2/p-2. The molecule has 1 aliphatic rings. The molecular weight excluding hydrogens is 558 g/mol. The zero-order valence-corrected chi connectivity index (χ0v) is 26.2. The largest absolute Gasteiger partial charge is 0.214 e. The van der Waals surface area contributed by atoms with Gasteiger partial charge in [0.05, 0.1) is 0 Å². The van der Waals surface area contributed by atoms with Crippen LogP contribution in [0.2, 0.25) is 0 Å². The van der Waals surface area contributed by atoms with Crippen LogP contribution >= 0.6 is 0 Å². The van der Waals surface area contributed by atoms with Crippen molar-refractivity contribution in [3.63, 3.8) is 0 Å². The van der Waals surface area contributed by atoms with Crippen LogP contribution in [0.1, 0.15) is 69.4 Å². The van der Waals surface area contributed by atoms with E-state index in [0.717, 1.165) is 6.42 Å². The third kappa shape index (κ3) is 9.02. The van der Waals surface area contributed by atoms with Crippen molar-refractivity contribution in [2.24, 2.45) is 0 Å². The zero-order valence-electron chi connectivity index (χ0n) is 22.2. The Morgan fingerprint density at radius 3 is 1.81 bits per heavy atom. The summed E-state index contributed by atoms with van der Waals surface area (Å²) in [4.78, 5) is 0. The summed E-state index contributed by atoms with van der Waals surface area (Å²) in [5.74, 6) is 0. The number of hydrogen-bond acceptors (Lipinski definition) is 0. The maximum Gasteiger partial charge on any atom is -0.172 e. The first-order valence-electron chi connectivity index (χ1n) is 12.0. The van der Waals surface area contributed by atoms with Gasteiger partial charge in [-0.15, -0.1) is 5.56 Å². The van der Waals surface area contributed by atoms with Crippen LogP contribution in [-0.2, 0) is 41.5 Å². The molecule has 0 aliphatic heterocycles. The normalized spacial score (nSPS) is 11.2. The van der Waals surface area contributed by atoms with E-state index in [-0.39, 0.29) is 35.6 Å². The van der Waals surface area contributed by atoms with Gasteiger partial charge in [-0.25, -0.2) is 12.1 Å². The van der Waals surface area contributed by atoms with Crippen LogP contribution in [-0.4, -0.2) is 3.71 Å². The van der Waals surface area contributed by atoms with Crippen LogP contribution in [0.5, 0.6) is 0 Å². The van der Waals surface area contributed by atoms with Gasteiger partial charge in [0.25, 0.3) is 0 Å². The minimum Gasteiger partial charge on any atom is -0.214 e. The number of rotatable bonds is 1. The third-order valence-corrected chi connectivity index (χ3v) is 6.87. The molecule has 0 spiro atoms. The molecule has 188 valence electrons. The van der Waals surface area contributed by atoms with Gasteiger partial charge in [0.1, 0.15) is 0 Å². The van der Waals surface area contributed by atoms with Crippen molar-refractivity contribution in [1.82, 2.24) is 0 Å². The van der Waals surface area contributed by atoms with Crippen molar-refractivity contribution in [1.29, 1.82) is 0 Å². The average Bonchev–Trinajstić information content (AvgIpc) is 3.50. The van der Waals surface area contributed by atoms with E-state index >= 15 is 0 Å². The predicted molar refractivity (Wildman–Crippen MR) is 145 cm³/mol. The Bertz CT molecular complexity index is 1120. The zero-order chi connectivity index (χ0) is 24.8. The fraction of sp³-hybridized carbons (Fsp3) is 0.273. The molecule has 3 heteroatoms. The van der Waals surface area contributed by atoms with Crippen molar-refractivity contribution in [3.05, 3.63) is 125 Å². The van der Waals surface area contributed by atoms with Gasteiger partial charge in [-0.3, -0.25) is 0 Å². The molecule has 0 radical (unpaired) electrons. The topological polar surface area (TPSA) is 0 Å². The molecule has 0 saturated heterocycles. The summed E-state index contributed by atoms with van der Waals surface area (Å²) >= 11 is 1.46.